The molecule has 2 aromatic carbocycles. The smallest absolute Gasteiger partial charge is 0.264 e. The average molecular weight is 391 g/mol. The van der Waals surface area contributed by atoms with Gasteiger partial charge in [0.15, 0.2) is 0 Å². The predicted octanol–water partition coefficient (Wildman–Crippen LogP) is 2.35. The van der Waals surface area contributed by atoms with Crippen molar-refractivity contribution in [3.05, 3.63) is 54.6 Å². The van der Waals surface area contributed by atoms with E-state index in [2.05, 4.69) is 4.90 Å². The molecule has 1 atom stereocenters. The Hall–Kier alpha value is -2.09. The van der Waals surface area contributed by atoms with Crippen LogP contribution in [-0.4, -0.2) is 57.8 Å². The van der Waals surface area contributed by atoms with Gasteiger partial charge in [0.05, 0.1) is 30.3 Å². The summed E-state index contributed by atoms with van der Waals surface area (Å²) in [5.74, 6) is 0.647. The zero-order valence-corrected chi connectivity index (χ0v) is 16.3. The van der Waals surface area contributed by atoms with Gasteiger partial charge in [-0.3, -0.25) is 4.31 Å². The fraction of sp³-hybridized carbons (Fsp3) is 0.400. The molecule has 27 heavy (non-hydrogen) atoms. The maximum absolute atomic E-state index is 13.2. The fourth-order valence-electron chi connectivity index (χ4n) is 3.32. The van der Waals surface area contributed by atoms with E-state index in [1.807, 2.05) is 0 Å². The van der Waals surface area contributed by atoms with Crippen LogP contribution < -0.4 is 9.04 Å². The van der Waals surface area contributed by atoms with E-state index in [9.17, 15) is 13.5 Å². The SMILES string of the molecule is COc1ccc(N(C[C@@H](O)CN2CCCC2)S(=O)(=O)c2ccccc2)cc1. The molecule has 1 heterocycles. The highest BCUT2D eigenvalue weighted by atomic mass is 32.2. The van der Waals surface area contributed by atoms with Gasteiger partial charge in [0.1, 0.15) is 5.75 Å². The van der Waals surface area contributed by atoms with Crippen LogP contribution in [0, 0.1) is 0 Å². The molecule has 3 rings (SSSR count). The second-order valence-electron chi connectivity index (χ2n) is 6.71. The zero-order valence-electron chi connectivity index (χ0n) is 15.5. The van der Waals surface area contributed by atoms with Gasteiger partial charge in [0.25, 0.3) is 10.0 Å². The van der Waals surface area contributed by atoms with Gasteiger partial charge in [-0.15, -0.1) is 0 Å². The second kappa shape index (κ2) is 8.73. The third-order valence-corrected chi connectivity index (χ3v) is 6.54. The fourth-order valence-corrected chi connectivity index (χ4v) is 4.85. The van der Waals surface area contributed by atoms with Crippen LogP contribution in [-0.2, 0) is 10.0 Å². The number of hydrogen-bond donors (Lipinski definition) is 1. The van der Waals surface area contributed by atoms with Crippen molar-refractivity contribution < 1.29 is 18.3 Å². The summed E-state index contributed by atoms with van der Waals surface area (Å²) in [5, 5.41) is 10.6. The monoisotopic (exact) mass is 390 g/mol. The summed E-state index contributed by atoms with van der Waals surface area (Å²) in [7, 11) is -2.23. The number of rotatable bonds is 8. The minimum absolute atomic E-state index is 0.0000560. The van der Waals surface area contributed by atoms with Crippen LogP contribution in [0.3, 0.4) is 0 Å². The molecular formula is C20H26N2O4S. The Labute approximate surface area is 161 Å². The van der Waals surface area contributed by atoms with Crippen molar-refractivity contribution in [1.82, 2.24) is 4.90 Å². The summed E-state index contributed by atoms with van der Waals surface area (Å²) >= 11 is 0. The summed E-state index contributed by atoms with van der Waals surface area (Å²) in [6.07, 6.45) is 1.47. The van der Waals surface area contributed by atoms with Gasteiger partial charge in [-0.25, -0.2) is 8.42 Å². The molecule has 2 aromatic rings. The highest BCUT2D eigenvalue weighted by molar-refractivity contribution is 7.92. The predicted molar refractivity (Wildman–Crippen MR) is 106 cm³/mol. The Morgan fingerprint density at radius 3 is 2.30 bits per heavy atom. The van der Waals surface area contributed by atoms with Crippen molar-refractivity contribution in [2.75, 3.05) is 37.6 Å². The first-order chi connectivity index (χ1) is 13.0. The molecule has 1 N–H and O–H groups in total. The molecule has 1 saturated heterocycles. The van der Waals surface area contributed by atoms with E-state index in [1.54, 1.807) is 61.7 Å². The zero-order chi connectivity index (χ0) is 19.3. The Morgan fingerprint density at radius 2 is 1.70 bits per heavy atom. The lowest BCUT2D eigenvalue weighted by Crippen LogP contribution is -2.42. The number of aliphatic hydroxyl groups is 1. The number of sulfonamides is 1. The quantitative estimate of drug-likeness (QED) is 0.749. The van der Waals surface area contributed by atoms with Crippen LogP contribution in [0.1, 0.15) is 12.8 Å². The molecule has 0 spiro atoms. The molecule has 1 aliphatic rings. The van der Waals surface area contributed by atoms with Crippen molar-refractivity contribution in [3.8, 4) is 5.75 Å². The molecule has 0 aromatic heterocycles. The molecule has 7 heteroatoms. The van der Waals surface area contributed by atoms with Crippen LogP contribution >= 0.6 is 0 Å². The standard InChI is InChI=1S/C20H26N2O4S/c1-26-19-11-9-17(10-12-19)22(16-18(23)15-21-13-5-6-14-21)27(24,25)20-7-3-2-4-8-20/h2-4,7-12,18,23H,5-6,13-16H2,1H3/t18-/m0/s1. The normalized spacial score (nSPS) is 16.2. The third-order valence-electron chi connectivity index (χ3n) is 4.74. The van der Waals surface area contributed by atoms with E-state index >= 15 is 0 Å². The first-order valence-electron chi connectivity index (χ1n) is 9.13. The number of aliphatic hydroxyl groups excluding tert-OH is 1. The first kappa shape index (κ1) is 19.7. The van der Waals surface area contributed by atoms with Crippen molar-refractivity contribution in [1.29, 1.82) is 0 Å². The molecule has 1 aliphatic heterocycles. The van der Waals surface area contributed by atoms with Gasteiger partial charge < -0.3 is 14.7 Å². The number of methoxy groups -OCH3 is 1. The molecule has 0 radical (unpaired) electrons. The molecule has 0 unspecified atom stereocenters. The van der Waals surface area contributed by atoms with Crippen LogP contribution in [0.15, 0.2) is 59.5 Å². The second-order valence-corrected chi connectivity index (χ2v) is 8.57. The van der Waals surface area contributed by atoms with E-state index in [0.29, 0.717) is 18.0 Å². The van der Waals surface area contributed by atoms with Crippen molar-refractivity contribution in [2.24, 2.45) is 0 Å². The summed E-state index contributed by atoms with van der Waals surface area (Å²) in [5.41, 5.74) is 0.500. The topological polar surface area (TPSA) is 70.1 Å². The van der Waals surface area contributed by atoms with Crippen molar-refractivity contribution in [3.63, 3.8) is 0 Å². The van der Waals surface area contributed by atoms with Crippen molar-refractivity contribution in [2.45, 2.75) is 23.8 Å². The van der Waals surface area contributed by atoms with E-state index < -0.39 is 16.1 Å². The lowest BCUT2D eigenvalue weighted by atomic mass is 10.2. The summed E-state index contributed by atoms with van der Waals surface area (Å²) < 4.78 is 32.9. The number of anilines is 1. The number of hydrogen-bond acceptors (Lipinski definition) is 5. The molecular weight excluding hydrogens is 364 g/mol. The highest BCUT2D eigenvalue weighted by Crippen LogP contribution is 2.26. The van der Waals surface area contributed by atoms with Crippen LogP contribution in [0.25, 0.3) is 0 Å². The molecule has 0 aliphatic carbocycles. The van der Waals surface area contributed by atoms with Crippen molar-refractivity contribution >= 4 is 15.7 Å². The van der Waals surface area contributed by atoms with Crippen LogP contribution in [0.4, 0.5) is 5.69 Å². The summed E-state index contributed by atoms with van der Waals surface area (Å²) in [6.45, 7) is 2.37. The summed E-state index contributed by atoms with van der Waals surface area (Å²) in [4.78, 5) is 2.38. The van der Waals surface area contributed by atoms with E-state index in [-0.39, 0.29) is 11.4 Å². The molecule has 146 valence electrons. The molecule has 0 saturated carbocycles. The third kappa shape index (κ3) is 4.80. The Kier molecular flexibility index (Phi) is 6.36. The number of β-amino-alcohol motifs (C(OH)–C–C–N with tert-alkyl or cyclic N) is 1. The lowest BCUT2D eigenvalue weighted by molar-refractivity contribution is 0.132. The average Bonchev–Trinajstić information content (AvgIpc) is 3.20. The summed E-state index contributed by atoms with van der Waals surface area (Å²) in [6, 6.07) is 15.1. The number of likely N-dealkylation sites (tertiary alicyclic amines) is 1. The lowest BCUT2D eigenvalue weighted by Gasteiger charge is -2.28. The minimum Gasteiger partial charge on any atom is -0.497 e. The van der Waals surface area contributed by atoms with Crippen LogP contribution in [0.2, 0.25) is 0 Å². The highest BCUT2D eigenvalue weighted by Gasteiger charge is 2.28. The number of nitrogens with zero attached hydrogens (tertiary/aromatic N) is 2. The van der Waals surface area contributed by atoms with Gasteiger partial charge in [-0.1, -0.05) is 18.2 Å². The Morgan fingerprint density at radius 1 is 1.07 bits per heavy atom. The molecule has 1 fully saturated rings. The molecule has 0 amide bonds. The molecule has 0 bridgehead atoms. The van der Waals surface area contributed by atoms with Gasteiger partial charge >= 0.3 is 0 Å². The molecule has 6 nitrogen and oxygen atoms in total. The first-order valence-corrected chi connectivity index (χ1v) is 10.6. The number of benzene rings is 2. The van der Waals surface area contributed by atoms with Gasteiger partial charge in [-0.2, -0.15) is 0 Å². The van der Waals surface area contributed by atoms with E-state index in [1.165, 1.54) is 4.31 Å². The van der Waals surface area contributed by atoms with E-state index in [0.717, 1.165) is 25.9 Å². The van der Waals surface area contributed by atoms with Gasteiger partial charge in [0, 0.05) is 6.54 Å². The largest absolute Gasteiger partial charge is 0.497 e. The van der Waals surface area contributed by atoms with Crippen LogP contribution in [0.5, 0.6) is 5.75 Å². The van der Waals surface area contributed by atoms with Gasteiger partial charge in [0.2, 0.25) is 0 Å². The maximum Gasteiger partial charge on any atom is 0.264 e. The maximum atomic E-state index is 13.2. The van der Waals surface area contributed by atoms with Gasteiger partial charge in [-0.05, 0) is 62.3 Å². The van der Waals surface area contributed by atoms with E-state index in [4.69, 9.17) is 4.74 Å². The Bertz CT molecular complexity index is 819. The Balaban J connectivity index is 1.87. The minimum atomic E-state index is -3.79. The number of ether oxygens (including phenoxy) is 1.